The highest BCUT2D eigenvalue weighted by Gasteiger charge is 2.21. The van der Waals surface area contributed by atoms with Gasteiger partial charge in [0.25, 0.3) is 0 Å². The lowest BCUT2D eigenvalue weighted by atomic mass is 10.1. The molecule has 0 bridgehead atoms. The van der Waals surface area contributed by atoms with Crippen molar-refractivity contribution in [3.8, 4) is 0 Å². The fourth-order valence-corrected chi connectivity index (χ4v) is 3.06. The van der Waals surface area contributed by atoms with E-state index in [9.17, 15) is 0 Å². The Hall–Kier alpha value is -0.160. The quantitative estimate of drug-likeness (QED) is 0.820. The van der Waals surface area contributed by atoms with Crippen molar-refractivity contribution < 1.29 is 5.11 Å². The normalized spacial score (nSPS) is 21.8. The second kappa shape index (κ2) is 5.96. The molecule has 5 heteroatoms. The summed E-state index contributed by atoms with van der Waals surface area (Å²) in [5, 5.41) is 12.3. The maximum atomic E-state index is 9.05. The zero-order valence-electron chi connectivity index (χ0n) is 9.23. The Kier molecular flexibility index (Phi) is 4.58. The van der Waals surface area contributed by atoms with Gasteiger partial charge in [0.05, 0.1) is 16.6 Å². The first kappa shape index (κ1) is 12.3. The predicted molar refractivity (Wildman–Crippen MR) is 67.0 cm³/mol. The molecule has 0 radical (unpaired) electrons. The third-order valence-electron chi connectivity index (χ3n) is 3.01. The molecule has 16 heavy (non-hydrogen) atoms. The maximum absolute atomic E-state index is 9.05. The number of likely N-dealkylation sites (tertiary alicyclic amines) is 1. The third-order valence-corrected chi connectivity index (χ3v) is 4.24. The van der Waals surface area contributed by atoms with Crippen LogP contribution in [-0.4, -0.2) is 41.2 Å². The molecule has 1 aliphatic rings. The van der Waals surface area contributed by atoms with Crippen molar-refractivity contribution in [3.63, 3.8) is 0 Å². The smallest absolute Gasteiger partial charge is 0.0941 e. The van der Waals surface area contributed by atoms with Gasteiger partial charge in [-0.25, -0.2) is 4.98 Å². The summed E-state index contributed by atoms with van der Waals surface area (Å²) >= 11 is 7.40. The van der Waals surface area contributed by atoms with Gasteiger partial charge in [0.2, 0.25) is 0 Å². The van der Waals surface area contributed by atoms with E-state index in [-0.39, 0.29) is 0 Å². The number of halogens is 1. The number of aromatic nitrogens is 1. The van der Waals surface area contributed by atoms with Gasteiger partial charge in [-0.05, 0) is 18.9 Å². The van der Waals surface area contributed by atoms with Crippen LogP contribution in [0.3, 0.4) is 0 Å². The van der Waals surface area contributed by atoms with E-state index in [1.54, 1.807) is 11.3 Å². The number of aliphatic hydroxyl groups is 1. The minimum absolute atomic E-state index is 0.324. The lowest BCUT2D eigenvalue weighted by Gasteiger charge is -2.14. The number of hydrogen-bond acceptors (Lipinski definition) is 4. The summed E-state index contributed by atoms with van der Waals surface area (Å²) in [5.41, 5.74) is 0.983. The lowest BCUT2D eigenvalue weighted by Crippen LogP contribution is -2.24. The molecule has 1 unspecified atom stereocenters. The topological polar surface area (TPSA) is 36.4 Å². The fraction of sp³-hybridized carbons (Fsp3) is 0.727. The highest BCUT2D eigenvalue weighted by Crippen LogP contribution is 2.17. The van der Waals surface area contributed by atoms with Crippen LogP contribution in [0.15, 0.2) is 5.38 Å². The van der Waals surface area contributed by atoms with Gasteiger partial charge in [0.1, 0.15) is 0 Å². The summed E-state index contributed by atoms with van der Waals surface area (Å²) < 4.78 is 0. The summed E-state index contributed by atoms with van der Waals surface area (Å²) in [6.07, 6.45) is 2.13. The number of thiazole rings is 1. The molecule has 0 spiro atoms. The summed E-state index contributed by atoms with van der Waals surface area (Å²) in [6.45, 7) is 3.51. The Balaban J connectivity index is 1.75. The highest BCUT2D eigenvalue weighted by atomic mass is 35.5. The van der Waals surface area contributed by atoms with Crippen LogP contribution < -0.4 is 0 Å². The lowest BCUT2D eigenvalue weighted by molar-refractivity contribution is 0.222. The van der Waals surface area contributed by atoms with Gasteiger partial charge in [-0.15, -0.1) is 22.9 Å². The van der Waals surface area contributed by atoms with Crippen molar-refractivity contribution in [2.45, 2.75) is 18.7 Å². The first-order chi connectivity index (χ1) is 7.81. The van der Waals surface area contributed by atoms with Gasteiger partial charge in [0, 0.05) is 31.5 Å². The Morgan fingerprint density at radius 3 is 3.12 bits per heavy atom. The molecule has 3 nitrogen and oxygen atoms in total. The minimum atomic E-state index is 0.324. The molecule has 2 heterocycles. The van der Waals surface area contributed by atoms with E-state index in [1.165, 1.54) is 5.01 Å². The molecule has 0 aliphatic carbocycles. The Morgan fingerprint density at radius 2 is 2.50 bits per heavy atom. The number of alkyl halides is 1. The molecule has 1 atom stereocenters. The summed E-state index contributed by atoms with van der Waals surface area (Å²) in [5.74, 6) is 0.988. The second-order valence-electron chi connectivity index (χ2n) is 4.25. The van der Waals surface area contributed by atoms with Gasteiger partial charge in [-0.1, -0.05) is 0 Å². The number of nitrogens with zero attached hydrogens (tertiary/aromatic N) is 2. The van der Waals surface area contributed by atoms with Crippen LogP contribution in [0, 0.1) is 5.92 Å². The molecule has 1 saturated heterocycles. The monoisotopic (exact) mass is 260 g/mol. The van der Waals surface area contributed by atoms with E-state index in [2.05, 4.69) is 9.88 Å². The molecule has 1 aliphatic heterocycles. The second-order valence-corrected chi connectivity index (χ2v) is 5.46. The fourth-order valence-electron chi connectivity index (χ4n) is 2.04. The van der Waals surface area contributed by atoms with Crippen LogP contribution in [0.5, 0.6) is 0 Å². The molecule has 1 fully saturated rings. The summed E-state index contributed by atoms with van der Waals surface area (Å²) in [4.78, 5) is 6.84. The minimum Gasteiger partial charge on any atom is -0.396 e. The van der Waals surface area contributed by atoms with Crippen molar-refractivity contribution in [2.24, 2.45) is 5.92 Å². The number of hydrogen-bond donors (Lipinski definition) is 1. The molecule has 2 rings (SSSR count). The molecule has 1 aromatic rings. The van der Waals surface area contributed by atoms with Crippen LogP contribution in [-0.2, 0) is 12.3 Å². The van der Waals surface area contributed by atoms with Crippen LogP contribution in [0.2, 0.25) is 0 Å². The SMILES string of the molecule is OCC1CCN(CCc2nc(CCl)cs2)C1. The summed E-state index contributed by atoms with van der Waals surface area (Å²) in [6, 6.07) is 0. The maximum Gasteiger partial charge on any atom is 0.0941 e. The molecule has 0 aromatic carbocycles. The van der Waals surface area contributed by atoms with Gasteiger partial charge >= 0.3 is 0 Å². The Bertz CT molecular complexity index is 332. The molecule has 90 valence electrons. The largest absolute Gasteiger partial charge is 0.396 e. The van der Waals surface area contributed by atoms with E-state index in [4.69, 9.17) is 16.7 Å². The first-order valence-electron chi connectivity index (χ1n) is 5.64. The zero-order chi connectivity index (χ0) is 11.4. The van der Waals surface area contributed by atoms with Crippen molar-refractivity contribution in [3.05, 3.63) is 16.1 Å². The van der Waals surface area contributed by atoms with Crippen molar-refractivity contribution in [1.29, 1.82) is 0 Å². The van der Waals surface area contributed by atoms with Crippen molar-refractivity contribution in [2.75, 3.05) is 26.2 Å². The van der Waals surface area contributed by atoms with E-state index in [0.29, 0.717) is 18.4 Å². The Morgan fingerprint density at radius 1 is 1.62 bits per heavy atom. The van der Waals surface area contributed by atoms with Crippen LogP contribution in [0.25, 0.3) is 0 Å². The average molecular weight is 261 g/mol. The summed E-state index contributed by atoms with van der Waals surface area (Å²) in [7, 11) is 0. The van der Waals surface area contributed by atoms with Gasteiger partial charge in [-0.2, -0.15) is 0 Å². The van der Waals surface area contributed by atoms with Gasteiger partial charge in [-0.3, -0.25) is 0 Å². The number of aliphatic hydroxyl groups excluding tert-OH is 1. The van der Waals surface area contributed by atoms with Crippen molar-refractivity contribution in [1.82, 2.24) is 9.88 Å². The van der Waals surface area contributed by atoms with Crippen LogP contribution >= 0.6 is 22.9 Å². The molecule has 1 aromatic heterocycles. The van der Waals surface area contributed by atoms with Crippen molar-refractivity contribution >= 4 is 22.9 Å². The number of rotatable bonds is 5. The standard InChI is InChI=1S/C11H17ClN2OS/c12-5-10-8-16-11(13-10)2-4-14-3-1-9(6-14)7-15/h8-9,15H,1-7H2. The molecule has 1 N–H and O–H groups in total. The highest BCUT2D eigenvalue weighted by molar-refractivity contribution is 7.09. The van der Waals surface area contributed by atoms with Gasteiger partial charge < -0.3 is 10.0 Å². The molecule has 0 saturated carbocycles. The van der Waals surface area contributed by atoms with Crippen LogP contribution in [0.4, 0.5) is 0 Å². The zero-order valence-corrected chi connectivity index (χ0v) is 10.8. The molecular weight excluding hydrogens is 244 g/mol. The predicted octanol–water partition coefficient (Wildman–Crippen LogP) is 1.74. The Labute approximate surface area is 105 Å². The van der Waals surface area contributed by atoms with E-state index >= 15 is 0 Å². The van der Waals surface area contributed by atoms with E-state index < -0.39 is 0 Å². The van der Waals surface area contributed by atoms with Gasteiger partial charge in [0.15, 0.2) is 0 Å². The third kappa shape index (κ3) is 3.17. The first-order valence-corrected chi connectivity index (χ1v) is 7.05. The van der Waals surface area contributed by atoms with Crippen LogP contribution in [0.1, 0.15) is 17.1 Å². The molecule has 0 amide bonds. The average Bonchev–Trinajstić information content (AvgIpc) is 2.95. The molecular formula is C11H17ClN2OS. The van der Waals surface area contributed by atoms with E-state index in [0.717, 1.165) is 38.2 Å². The van der Waals surface area contributed by atoms with E-state index in [1.807, 2.05) is 5.38 Å².